The molecule has 0 bridgehead atoms. The van der Waals surface area contributed by atoms with Crippen molar-refractivity contribution in [3.63, 3.8) is 0 Å². The van der Waals surface area contributed by atoms with E-state index in [9.17, 15) is 5.11 Å². The van der Waals surface area contributed by atoms with E-state index in [-0.39, 0.29) is 11.8 Å². The first-order valence-electron chi connectivity index (χ1n) is 7.12. The van der Waals surface area contributed by atoms with Gasteiger partial charge in [-0.05, 0) is 35.7 Å². The Balaban J connectivity index is 2.10. The summed E-state index contributed by atoms with van der Waals surface area (Å²) in [6, 6.07) is 11.6. The number of pyridine rings is 1. The van der Waals surface area contributed by atoms with Crippen LogP contribution < -0.4 is 10.1 Å². The van der Waals surface area contributed by atoms with Crippen LogP contribution in [0.25, 0.3) is 0 Å². The Morgan fingerprint density at radius 3 is 2.48 bits per heavy atom. The largest absolute Gasteiger partial charge is 0.506 e. The normalized spacial score (nSPS) is 12.4. The fraction of sp³-hybridized carbons (Fsp3) is 0.353. The fourth-order valence-corrected chi connectivity index (χ4v) is 2.32. The molecule has 0 saturated heterocycles. The number of benzene rings is 1. The summed E-state index contributed by atoms with van der Waals surface area (Å²) in [6.45, 7) is 4.86. The van der Waals surface area contributed by atoms with E-state index in [0.29, 0.717) is 18.2 Å². The number of hydrogen-bond acceptors (Lipinski definition) is 4. The first-order chi connectivity index (χ1) is 10.1. The molecule has 1 aromatic carbocycles. The van der Waals surface area contributed by atoms with E-state index >= 15 is 0 Å². The second-order valence-corrected chi connectivity index (χ2v) is 5.34. The lowest BCUT2D eigenvalue weighted by atomic mass is 9.96. The quantitative estimate of drug-likeness (QED) is 0.855. The van der Waals surface area contributed by atoms with Crippen molar-refractivity contribution in [1.82, 2.24) is 10.3 Å². The number of aromatic nitrogens is 1. The van der Waals surface area contributed by atoms with E-state index in [2.05, 4.69) is 36.3 Å². The van der Waals surface area contributed by atoms with Gasteiger partial charge in [-0.25, -0.2) is 0 Å². The third-order valence-electron chi connectivity index (χ3n) is 3.50. The summed E-state index contributed by atoms with van der Waals surface area (Å²) in [6.07, 6.45) is 1.69. The molecule has 1 heterocycles. The van der Waals surface area contributed by atoms with Gasteiger partial charge in [0.05, 0.1) is 12.8 Å². The number of nitrogens with one attached hydrogen (secondary N) is 1. The lowest BCUT2D eigenvalue weighted by molar-refractivity contribution is 0.396. The van der Waals surface area contributed by atoms with Gasteiger partial charge in [-0.1, -0.05) is 26.0 Å². The number of aromatic hydroxyl groups is 1. The van der Waals surface area contributed by atoms with Crippen LogP contribution in [0.5, 0.6) is 11.5 Å². The first-order valence-corrected chi connectivity index (χ1v) is 7.12. The Bertz CT molecular complexity index is 567. The molecule has 0 aliphatic carbocycles. The standard InChI is InChI=1S/C17H22N2O2/c1-12(2)17(13-6-8-14(21-3)9-7-13)19-11-15-16(20)5-4-10-18-15/h4-10,12,17,19-20H,11H2,1-3H3/t17-/m0/s1. The molecule has 0 radical (unpaired) electrons. The highest BCUT2D eigenvalue weighted by Crippen LogP contribution is 2.25. The molecule has 0 amide bonds. The van der Waals surface area contributed by atoms with Crippen LogP contribution in [-0.2, 0) is 6.54 Å². The molecular formula is C17H22N2O2. The Hall–Kier alpha value is -2.07. The topological polar surface area (TPSA) is 54.4 Å². The van der Waals surface area contributed by atoms with Gasteiger partial charge in [0, 0.05) is 18.8 Å². The summed E-state index contributed by atoms with van der Waals surface area (Å²) in [7, 11) is 1.66. The summed E-state index contributed by atoms with van der Waals surface area (Å²) in [4.78, 5) is 4.20. The third kappa shape index (κ3) is 3.95. The van der Waals surface area contributed by atoms with Crippen LogP contribution in [-0.4, -0.2) is 17.2 Å². The highest BCUT2D eigenvalue weighted by Gasteiger charge is 2.16. The van der Waals surface area contributed by atoms with Crippen LogP contribution in [0.15, 0.2) is 42.6 Å². The minimum absolute atomic E-state index is 0.192. The molecule has 2 N–H and O–H groups in total. The van der Waals surface area contributed by atoms with Gasteiger partial charge in [-0.15, -0.1) is 0 Å². The average molecular weight is 286 g/mol. The van der Waals surface area contributed by atoms with E-state index in [1.165, 1.54) is 5.56 Å². The number of hydrogen-bond donors (Lipinski definition) is 2. The molecule has 0 fully saturated rings. The van der Waals surface area contributed by atoms with Crippen LogP contribution in [0.1, 0.15) is 31.1 Å². The maximum absolute atomic E-state index is 9.78. The van der Waals surface area contributed by atoms with E-state index < -0.39 is 0 Å². The monoisotopic (exact) mass is 286 g/mol. The third-order valence-corrected chi connectivity index (χ3v) is 3.50. The second kappa shape index (κ2) is 7.09. The number of rotatable bonds is 6. The minimum atomic E-state index is 0.192. The zero-order valence-corrected chi connectivity index (χ0v) is 12.7. The van der Waals surface area contributed by atoms with Crippen molar-refractivity contribution in [3.8, 4) is 11.5 Å². The SMILES string of the molecule is COc1ccc([C@@H](NCc2ncccc2O)C(C)C)cc1. The molecule has 0 aliphatic heterocycles. The van der Waals surface area contributed by atoms with Crippen LogP contribution in [0, 0.1) is 5.92 Å². The van der Waals surface area contributed by atoms with Gasteiger partial charge < -0.3 is 15.2 Å². The molecule has 4 heteroatoms. The van der Waals surface area contributed by atoms with Crippen molar-refractivity contribution in [1.29, 1.82) is 0 Å². The Labute approximate surface area is 125 Å². The average Bonchev–Trinajstić information content (AvgIpc) is 2.49. The predicted molar refractivity (Wildman–Crippen MR) is 83.3 cm³/mol. The molecule has 4 nitrogen and oxygen atoms in total. The van der Waals surface area contributed by atoms with Crippen LogP contribution >= 0.6 is 0 Å². The maximum atomic E-state index is 9.78. The van der Waals surface area contributed by atoms with Gasteiger partial charge in [-0.3, -0.25) is 4.98 Å². The molecule has 0 saturated carbocycles. The molecule has 2 aromatic rings. The minimum Gasteiger partial charge on any atom is -0.506 e. The van der Waals surface area contributed by atoms with E-state index in [1.54, 1.807) is 25.4 Å². The molecule has 0 unspecified atom stereocenters. The smallest absolute Gasteiger partial charge is 0.138 e. The second-order valence-electron chi connectivity index (χ2n) is 5.34. The van der Waals surface area contributed by atoms with E-state index in [4.69, 9.17) is 4.74 Å². The molecule has 21 heavy (non-hydrogen) atoms. The number of methoxy groups -OCH3 is 1. The van der Waals surface area contributed by atoms with Crippen molar-refractivity contribution < 1.29 is 9.84 Å². The molecule has 1 aromatic heterocycles. The summed E-state index contributed by atoms with van der Waals surface area (Å²) < 4.78 is 5.19. The lowest BCUT2D eigenvalue weighted by Gasteiger charge is -2.23. The predicted octanol–water partition coefficient (Wildman–Crippen LogP) is 3.28. The highest BCUT2D eigenvalue weighted by atomic mass is 16.5. The van der Waals surface area contributed by atoms with Gasteiger partial charge in [0.15, 0.2) is 0 Å². The zero-order valence-electron chi connectivity index (χ0n) is 12.7. The summed E-state index contributed by atoms with van der Waals surface area (Å²) in [5.41, 5.74) is 1.86. The summed E-state index contributed by atoms with van der Waals surface area (Å²) in [5.74, 6) is 1.50. The van der Waals surface area contributed by atoms with Gasteiger partial charge in [0.25, 0.3) is 0 Å². The van der Waals surface area contributed by atoms with Gasteiger partial charge in [0.1, 0.15) is 11.5 Å². The first kappa shape index (κ1) is 15.3. The molecule has 112 valence electrons. The van der Waals surface area contributed by atoms with Crippen molar-refractivity contribution >= 4 is 0 Å². The number of ether oxygens (including phenoxy) is 1. The van der Waals surface area contributed by atoms with Crippen molar-refractivity contribution in [2.45, 2.75) is 26.4 Å². The van der Waals surface area contributed by atoms with E-state index in [0.717, 1.165) is 5.75 Å². The van der Waals surface area contributed by atoms with Crippen molar-refractivity contribution in [2.24, 2.45) is 5.92 Å². The zero-order chi connectivity index (χ0) is 15.2. The van der Waals surface area contributed by atoms with Crippen molar-refractivity contribution in [2.75, 3.05) is 7.11 Å². The molecule has 0 spiro atoms. The summed E-state index contributed by atoms with van der Waals surface area (Å²) in [5, 5.41) is 13.2. The van der Waals surface area contributed by atoms with E-state index in [1.807, 2.05) is 12.1 Å². The molecular weight excluding hydrogens is 264 g/mol. The highest BCUT2D eigenvalue weighted by molar-refractivity contribution is 5.30. The Morgan fingerprint density at radius 1 is 1.19 bits per heavy atom. The van der Waals surface area contributed by atoms with Gasteiger partial charge in [0.2, 0.25) is 0 Å². The fourth-order valence-electron chi connectivity index (χ4n) is 2.32. The molecule has 2 rings (SSSR count). The molecule has 1 atom stereocenters. The maximum Gasteiger partial charge on any atom is 0.138 e. The summed E-state index contributed by atoms with van der Waals surface area (Å²) >= 11 is 0. The van der Waals surface area contributed by atoms with Crippen LogP contribution in [0.2, 0.25) is 0 Å². The van der Waals surface area contributed by atoms with Gasteiger partial charge >= 0.3 is 0 Å². The lowest BCUT2D eigenvalue weighted by Crippen LogP contribution is -2.25. The van der Waals surface area contributed by atoms with Gasteiger partial charge in [-0.2, -0.15) is 0 Å². The Morgan fingerprint density at radius 2 is 1.90 bits per heavy atom. The van der Waals surface area contributed by atoms with Crippen LogP contribution in [0.4, 0.5) is 0 Å². The Kier molecular flexibility index (Phi) is 5.17. The van der Waals surface area contributed by atoms with Crippen LogP contribution in [0.3, 0.4) is 0 Å². The molecule has 0 aliphatic rings. The number of nitrogens with zero attached hydrogens (tertiary/aromatic N) is 1. The van der Waals surface area contributed by atoms with Crippen molar-refractivity contribution in [3.05, 3.63) is 53.9 Å².